The zero-order chi connectivity index (χ0) is 15.7. The zero-order valence-electron chi connectivity index (χ0n) is 11.9. The molecule has 0 atom stereocenters. The highest BCUT2D eigenvalue weighted by Gasteiger charge is 2.23. The first-order valence-electron chi connectivity index (χ1n) is 6.48. The first kappa shape index (κ1) is 14.9. The monoisotopic (exact) mass is 290 g/mol. The van der Waals surface area contributed by atoms with Crippen molar-refractivity contribution in [2.24, 2.45) is 0 Å². The third-order valence-corrected chi connectivity index (χ3v) is 2.97. The summed E-state index contributed by atoms with van der Waals surface area (Å²) in [6, 6.07) is 3.55. The van der Waals surface area contributed by atoms with Crippen molar-refractivity contribution in [1.82, 2.24) is 9.88 Å². The van der Waals surface area contributed by atoms with Crippen molar-refractivity contribution >= 4 is 28.5 Å². The molecule has 1 N–H and O–H groups in total. The van der Waals surface area contributed by atoms with Crippen LogP contribution < -0.4 is 5.32 Å². The maximum atomic E-state index is 14.0. The van der Waals surface area contributed by atoms with Crippen LogP contribution in [0.4, 0.5) is 9.18 Å². The number of nitrogens with one attached hydrogen (secondary N) is 1. The van der Waals surface area contributed by atoms with Crippen LogP contribution in [-0.2, 0) is 4.79 Å². The van der Waals surface area contributed by atoms with E-state index in [2.05, 4.69) is 5.32 Å². The smallest absolute Gasteiger partial charge is 0.326 e. The number of carbonyl (C=O) groups excluding carboxylic acids is 3. The van der Waals surface area contributed by atoms with E-state index in [1.54, 1.807) is 13.8 Å². The molecule has 21 heavy (non-hydrogen) atoms. The maximum Gasteiger partial charge on any atom is 0.326 e. The molecule has 0 radical (unpaired) electrons. The predicted molar refractivity (Wildman–Crippen MR) is 76.0 cm³/mol. The molecule has 0 aliphatic rings. The summed E-state index contributed by atoms with van der Waals surface area (Å²) in [6.45, 7) is 4.68. The number of fused-ring (bicyclic) bond motifs is 1. The second-order valence-corrected chi connectivity index (χ2v) is 5.04. The summed E-state index contributed by atoms with van der Waals surface area (Å²) in [4.78, 5) is 35.3. The molecule has 0 aliphatic heterocycles. The van der Waals surface area contributed by atoms with E-state index in [1.165, 1.54) is 24.4 Å². The number of halogens is 1. The molecule has 1 amide bonds. The van der Waals surface area contributed by atoms with Gasteiger partial charge in [-0.05, 0) is 26.0 Å². The van der Waals surface area contributed by atoms with Crippen LogP contribution in [-0.4, -0.2) is 28.2 Å². The molecule has 6 heteroatoms. The molecule has 0 spiro atoms. The van der Waals surface area contributed by atoms with Gasteiger partial charge in [-0.25, -0.2) is 9.18 Å². The van der Waals surface area contributed by atoms with Gasteiger partial charge < -0.3 is 5.32 Å². The van der Waals surface area contributed by atoms with Crippen LogP contribution >= 0.6 is 0 Å². The van der Waals surface area contributed by atoms with Crippen molar-refractivity contribution in [3.8, 4) is 0 Å². The average Bonchev–Trinajstić information content (AvgIpc) is 2.77. The minimum Gasteiger partial charge on any atom is -0.335 e. The largest absolute Gasteiger partial charge is 0.335 e. The van der Waals surface area contributed by atoms with Crippen molar-refractivity contribution in [2.75, 3.05) is 0 Å². The standard InChI is InChI=1S/C15H15FN2O3/c1-8(2)17-15(21)18-7-10(14(20)9(3)19)13-11(16)5-4-6-12(13)18/h4-8H,1-3H3,(H,17,21). The fourth-order valence-corrected chi connectivity index (χ4v) is 2.09. The Balaban J connectivity index is 2.69. The number of aromatic nitrogens is 1. The number of amides is 1. The number of carbonyl (C=O) groups is 3. The zero-order valence-corrected chi connectivity index (χ0v) is 11.9. The molecule has 1 aromatic carbocycles. The quantitative estimate of drug-likeness (QED) is 0.697. The Bertz CT molecular complexity index is 747. The van der Waals surface area contributed by atoms with Crippen molar-refractivity contribution in [2.45, 2.75) is 26.8 Å². The third kappa shape index (κ3) is 2.69. The Morgan fingerprint density at radius 2 is 1.90 bits per heavy atom. The van der Waals surface area contributed by atoms with Crippen LogP contribution in [0.15, 0.2) is 24.4 Å². The molecular weight excluding hydrogens is 275 g/mol. The molecule has 0 saturated heterocycles. The number of rotatable bonds is 3. The normalized spacial score (nSPS) is 10.9. The molecule has 2 aromatic rings. The Morgan fingerprint density at radius 3 is 2.48 bits per heavy atom. The van der Waals surface area contributed by atoms with Gasteiger partial charge in [-0.2, -0.15) is 0 Å². The number of nitrogens with zero attached hydrogens (tertiary/aromatic N) is 1. The van der Waals surface area contributed by atoms with Gasteiger partial charge in [0.1, 0.15) is 5.82 Å². The van der Waals surface area contributed by atoms with E-state index >= 15 is 0 Å². The fourth-order valence-electron chi connectivity index (χ4n) is 2.09. The Labute approximate surface area is 120 Å². The number of Topliss-reactive ketones (excluding diaryl/α,β-unsaturated/α-hetero) is 2. The Hall–Kier alpha value is -2.50. The Morgan fingerprint density at radius 1 is 1.24 bits per heavy atom. The molecule has 2 rings (SSSR count). The van der Waals surface area contributed by atoms with Crippen molar-refractivity contribution in [3.63, 3.8) is 0 Å². The number of benzene rings is 1. The number of hydrogen-bond donors (Lipinski definition) is 1. The fraction of sp³-hybridized carbons (Fsp3) is 0.267. The highest BCUT2D eigenvalue weighted by atomic mass is 19.1. The molecule has 110 valence electrons. The van der Waals surface area contributed by atoms with E-state index in [-0.39, 0.29) is 22.5 Å². The van der Waals surface area contributed by atoms with Gasteiger partial charge in [0.2, 0.25) is 5.78 Å². The number of ketones is 2. The second-order valence-electron chi connectivity index (χ2n) is 5.04. The summed E-state index contributed by atoms with van der Waals surface area (Å²) in [5.74, 6) is -2.17. The minimum absolute atomic E-state index is 0.0170. The van der Waals surface area contributed by atoms with Gasteiger partial charge in [0.25, 0.3) is 0 Å². The Kier molecular flexibility index (Phi) is 3.88. The van der Waals surface area contributed by atoms with Gasteiger partial charge in [0.05, 0.1) is 11.1 Å². The lowest BCUT2D eigenvalue weighted by Gasteiger charge is -2.09. The van der Waals surface area contributed by atoms with Gasteiger partial charge in [0.15, 0.2) is 5.78 Å². The van der Waals surface area contributed by atoms with Crippen LogP contribution in [0.5, 0.6) is 0 Å². The van der Waals surface area contributed by atoms with E-state index in [9.17, 15) is 18.8 Å². The predicted octanol–water partition coefficient (Wildman–Crippen LogP) is 2.52. The van der Waals surface area contributed by atoms with E-state index < -0.39 is 23.4 Å². The topological polar surface area (TPSA) is 68.2 Å². The summed E-state index contributed by atoms with van der Waals surface area (Å²) in [5.41, 5.74) is 0.146. The molecule has 0 saturated carbocycles. The van der Waals surface area contributed by atoms with Gasteiger partial charge in [-0.15, -0.1) is 0 Å². The van der Waals surface area contributed by atoms with Gasteiger partial charge in [0, 0.05) is 24.5 Å². The van der Waals surface area contributed by atoms with Crippen LogP contribution in [0.1, 0.15) is 31.1 Å². The summed E-state index contributed by atoms with van der Waals surface area (Å²) >= 11 is 0. The van der Waals surface area contributed by atoms with E-state index in [4.69, 9.17) is 0 Å². The molecule has 0 aliphatic carbocycles. The second kappa shape index (κ2) is 5.47. The summed E-state index contributed by atoms with van der Waals surface area (Å²) < 4.78 is 15.1. The van der Waals surface area contributed by atoms with Crippen LogP contribution in [0, 0.1) is 5.82 Å². The molecule has 0 unspecified atom stereocenters. The summed E-state index contributed by atoms with van der Waals surface area (Å²) in [7, 11) is 0. The van der Waals surface area contributed by atoms with E-state index in [0.717, 1.165) is 11.5 Å². The van der Waals surface area contributed by atoms with E-state index in [1.807, 2.05) is 0 Å². The van der Waals surface area contributed by atoms with Crippen LogP contribution in [0.3, 0.4) is 0 Å². The van der Waals surface area contributed by atoms with Crippen LogP contribution in [0.2, 0.25) is 0 Å². The highest BCUT2D eigenvalue weighted by molar-refractivity contribution is 6.45. The molecule has 1 aromatic heterocycles. The molecule has 1 heterocycles. The summed E-state index contributed by atoms with van der Waals surface area (Å²) in [6.07, 6.45) is 1.20. The molecule has 0 bridgehead atoms. The van der Waals surface area contributed by atoms with Gasteiger partial charge >= 0.3 is 6.03 Å². The lowest BCUT2D eigenvalue weighted by molar-refractivity contribution is -0.113. The summed E-state index contributed by atoms with van der Waals surface area (Å²) in [5, 5.41) is 2.64. The first-order valence-corrected chi connectivity index (χ1v) is 6.48. The first-order chi connectivity index (χ1) is 9.82. The van der Waals surface area contributed by atoms with Crippen molar-refractivity contribution in [1.29, 1.82) is 0 Å². The third-order valence-electron chi connectivity index (χ3n) is 2.97. The van der Waals surface area contributed by atoms with Crippen molar-refractivity contribution < 1.29 is 18.8 Å². The molecule has 0 fully saturated rings. The lowest BCUT2D eigenvalue weighted by Crippen LogP contribution is -2.33. The average molecular weight is 290 g/mol. The number of hydrogen-bond acceptors (Lipinski definition) is 3. The highest BCUT2D eigenvalue weighted by Crippen LogP contribution is 2.25. The molecule has 5 nitrogen and oxygen atoms in total. The van der Waals surface area contributed by atoms with E-state index in [0.29, 0.717) is 0 Å². The maximum absolute atomic E-state index is 14.0. The van der Waals surface area contributed by atoms with Gasteiger partial charge in [-0.3, -0.25) is 14.2 Å². The van der Waals surface area contributed by atoms with Crippen LogP contribution in [0.25, 0.3) is 10.9 Å². The minimum atomic E-state index is -0.818. The van der Waals surface area contributed by atoms with Gasteiger partial charge in [-0.1, -0.05) is 6.07 Å². The van der Waals surface area contributed by atoms with Crippen molar-refractivity contribution in [3.05, 3.63) is 35.8 Å². The SMILES string of the molecule is CC(=O)C(=O)c1cn(C(=O)NC(C)C)c2cccc(F)c12. The molecular formula is C15H15FN2O3. The lowest BCUT2D eigenvalue weighted by atomic mass is 10.1.